The molecule has 2 heterocycles. The molecule has 0 saturated carbocycles. The Morgan fingerprint density at radius 3 is 2.75 bits per heavy atom. The minimum Gasteiger partial charge on any atom is -0.479 e. The Morgan fingerprint density at radius 2 is 1.96 bits per heavy atom. The number of fused-ring (bicyclic) bond motifs is 2. The van der Waals surface area contributed by atoms with Crippen LogP contribution in [0.5, 0.6) is 5.75 Å². The van der Waals surface area contributed by atoms with Crippen molar-refractivity contribution < 1.29 is 18.7 Å². The van der Waals surface area contributed by atoms with Crippen molar-refractivity contribution in [3.05, 3.63) is 63.0 Å². The smallest absolute Gasteiger partial charge is 0.291 e. The molecule has 0 spiro atoms. The summed E-state index contributed by atoms with van der Waals surface area (Å²) in [6.07, 6.45) is -0.586. The van der Waals surface area contributed by atoms with E-state index in [0.717, 1.165) is 11.6 Å². The summed E-state index contributed by atoms with van der Waals surface area (Å²) in [6, 6.07) is 9.09. The van der Waals surface area contributed by atoms with Gasteiger partial charge in [-0.15, -0.1) is 0 Å². The highest BCUT2D eigenvalue weighted by Crippen LogP contribution is 2.32. The quantitative estimate of drug-likeness (QED) is 0.685. The molecular formula is C20H15ClN2O5. The monoisotopic (exact) mass is 398 g/mol. The molecule has 1 aliphatic heterocycles. The molecule has 2 N–H and O–H groups in total. The molecule has 1 aliphatic rings. The highest BCUT2D eigenvalue weighted by Gasteiger charge is 2.24. The van der Waals surface area contributed by atoms with Gasteiger partial charge >= 0.3 is 0 Å². The maximum Gasteiger partial charge on any atom is 0.291 e. The highest BCUT2D eigenvalue weighted by molar-refractivity contribution is 6.32. The summed E-state index contributed by atoms with van der Waals surface area (Å²) >= 11 is 6.05. The van der Waals surface area contributed by atoms with E-state index in [2.05, 4.69) is 10.6 Å². The van der Waals surface area contributed by atoms with Crippen molar-refractivity contribution in [2.75, 3.05) is 10.6 Å². The van der Waals surface area contributed by atoms with Crippen molar-refractivity contribution >= 4 is 45.8 Å². The molecule has 1 atom stereocenters. The number of benzene rings is 2. The van der Waals surface area contributed by atoms with Crippen LogP contribution in [0, 0.1) is 6.92 Å². The summed E-state index contributed by atoms with van der Waals surface area (Å²) in [5, 5.41) is 6.10. The average molecular weight is 399 g/mol. The number of halogens is 1. The van der Waals surface area contributed by atoms with Crippen LogP contribution in [-0.2, 0) is 4.79 Å². The molecule has 0 aliphatic carbocycles. The van der Waals surface area contributed by atoms with Gasteiger partial charge in [-0.05, 0) is 49.7 Å². The molecule has 0 bridgehead atoms. The molecule has 8 heteroatoms. The summed E-state index contributed by atoms with van der Waals surface area (Å²) in [6.45, 7) is 3.42. The molecule has 0 unspecified atom stereocenters. The van der Waals surface area contributed by atoms with Gasteiger partial charge in [0.15, 0.2) is 17.3 Å². The summed E-state index contributed by atoms with van der Waals surface area (Å²) in [7, 11) is 0. The van der Waals surface area contributed by atoms with Crippen molar-refractivity contribution in [3.63, 3.8) is 0 Å². The average Bonchev–Trinajstić information content (AvgIpc) is 2.64. The van der Waals surface area contributed by atoms with Crippen LogP contribution in [-0.4, -0.2) is 17.9 Å². The molecule has 142 valence electrons. The van der Waals surface area contributed by atoms with Gasteiger partial charge in [0.1, 0.15) is 11.3 Å². The molecular weight excluding hydrogens is 384 g/mol. The van der Waals surface area contributed by atoms with Crippen LogP contribution in [0.1, 0.15) is 23.0 Å². The standard InChI is InChI=1S/C20H15ClN2O5/c1-9-5-17-12(7-13(9)21)15(24)8-18(28-17)20(26)22-11-3-4-16-14(6-11)23-19(25)10(2)27-16/h3-8,10H,1-2H3,(H,22,26)(H,23,25)/t10-/m1/s1. The highest BCUT2D eigenvalue weighted by atomic mass is 35.5. The van der Waals surface area contributed by atoms with Gasteiger partial charge in [0, 0.05) is 16.8 Å². The number of aryl methyl sites for hydroxylation is 1. The largest absolute Gasteiger partial charge is 0.479 e. The Bertz CT molecular complexity index is 1200. The molecule has 28 heavy (non-hydrogen) atoms. The van der Waals surface area contributed by atoms with Crippen LogP contribution < -0.4 is 20.8 Å². The molecule has 0 fully saturated rings. The number of rotatable bonds is 2. The van der Waals surface area contributed by atoms with Crippen LogP contribution >= 0.6 is 11.6 Å². The van der Waals surface area contributed by atoms with Crippen molar-refractivity contribution in [2.24, 2.45) is 0 Å². The number of carbonyl (C=O) groups is 2. The zero-order valence-corrected chi connectivity index (χ0v) is 15.7. The van der Waals surface area contributed by atoms with E-state index in [1.807, 2.05) is 0 Å². The van der Waals surface area contributed by atoms with Crippen LogP contribution in [0.2, 0.25) is 5.02 Å². The zero-order chi connectivity index (χ0) is 20.0. The molecule has 1 aromatic heterocycles. The number of nitrogens with one attached hydrogen (secondary N) is 2. The first-order valence-electron chi connectivity index (χ1n) is 8.49. The fourth-order valence-corrected chi connectivity index (χ4v) is 3.03. The first-order chi connectivity index (χ1) is 13.3. The van der Waals surface area contributed by atoms with Crippen molar-refractivity contribution in [2.45, 2.75) is 20.0 Å². The summed E-state index contributed by atoms with van der Waals surface area (Å²) in [5.41, 5.74) is 1.51. The Balaban J connectivity index is 1.64. The van der Waals surface area contributed by atoms with Gasteiger partial charge in [-0.3, -0.25) is 14.4 Å². The van der Waals surface area contributed by atoms with Gasteiger partial charge in [0.25, 0.3) is 11.8 Å². The van der Waals surface area contributed by atoms with Crippen LogP contribution in [0.15, 0.2) is 45.6 Å². The van der Waals surface area contributed by atoms with Gasteiger partial charge in [-0.2, -0.15) is 0 Å². The molecule has 4 rings (SSSR count). The van der Waals surface area contributed by atoms with Crippen LogP contribution in [0.4, 0.5) is 11.4 Å². The maximum atomic E-state index is 12.6. The van der Waals surface area contributed by atoms with Crippen LogP contribution in [0.25, 0.3) is 11.0 Å². The predicted octanol–water partition coefficient (Wildman–Crippen LogP) is 3.73. The lowest BCUT2D eigenvalue weighted by molar-refractivity contribution is -0.122. The lowest BCUT2D eigenvalue weighted by Crippen LogP contribution is -2.34. The second-order valence-corrected chi connectivity index (χ2v) is 6.89. The maximum absolute atomic E-state index is 12.6. The summed E-state index contributed by atoms with van der Waals surface area (Å²) < 4.78 is 11.1. The minimum absolute atomic E-state index is 0.133. The van der Waals surface area contributed by atoms with Gasteiger partial charge in [0.2, 0.25) is 0 Å². The Kier molecular flexibility index (Phi) is 4.31. The molecule has 7 nitrogen and oxygen atoms in total. The summed E-state index contributed by atoms with van der Waals surface area (Å²) in [4.78, 5) is 36.6. The molecule has 2 amide bonds. The van der Waals surface area contributed by atoms with E-state index in [4.69, 9.17) is 20.8 Å². The second-order valence-electron chi connectivity index (χ2n) is 6.49. The SMILES string of the molecule is Cc1cc2oc(C(=O)Nc3ccc4c(c3)NC(=O)[C@@H](C)O4)cc(=O)c2cc1Cl. The van der Waals surface area contributed by atoms with Crippen LogP contribution in [0.3, 0.4) is 0 Å². The Morgan fingerprint density at radius 1 is 1.18 bits per heavy atom. The van der Waals surface area contributed by atoms with Crippen molar-refractivity contribution in [1.29, 1.82) is 0 Å². The van der Waals surface area contributed by atoms with E-state index >= 15 is 0 Å². The first kappa shape index (κ1) is 18.1. The second kappa shape index (κ2) is 6.69. The van der Waals surface area contributed by atoms with E-state index in [-0.39, 0.29) is 22.7 Å². The van der Waals surface area contributed by atoms with E-state index in [0.29, 0.717) is 27.5 Å². The normalized spacial score (nSPS) is 15.5. The minimum atomic E-state index is -0.594. The number of ether oxygens (including phenoxy) is 1. The molecule has 2 aromatic carbocycles. The van der Waals surface area contributed by atoms with Crippen molar-refractivity contribution in [1.82, 2.24) is 0 Å². The number of amides is 2. The lowest BCUT2D eigenvalue weighted by atomic mass is 10.1. The van der Waals surface area contributed by atoms with Gasteiger partial charge in [-0.1, -0.05) is 11.6 Å². The molecule has 3 aromatic rings. The number of hydrogen-bond acceptors (Lipinski definition) is 5. The lowest BCUT2D eigenvalue weighted by Gasteiger charge is -2.23. The fraction of sp³-hybridized carbons (Fsp3) is 0.150. The van der Waals surface area contributed by atoms with E-state index in [9.17, 15) is 14.4 Å². The van der Waals surface area contributed by atoms with Gasteiger partial charge in [-0.25, -0.2) is 0 Å². The van der Waals surface area contributed by atoms with E-state index < -0.39 is 12.0 Å². The van der Waals surface area contributed by atoms with Gasteiger partial charge < -0.3 is 19.8 Å². The number of hydrogen-bond donors (Lipinski definition) is 2. The topological polar surface area (TPSA) is 97.6 Å². The number of anilines is 2. The van der Waals surface area contributed by atoms with E-state index in [1.54, 1.807) is 38.1 Å². The fourth-order valence-electron chi connectivity index (χ4n) is 2.87. The van der Waals surface area contributed by atoms with E-state index in [1.165, 1.54) is 6.07 Å². The zero-order valence-electron chi connectivity index (χ0n) is 15.0. The molecule has 0 radical (unpaired) electrons. The predicted molar refractivity (Wildman–Crippen MR) is 105 cm³/mol. The summed E-state index contributed by atoms with van der Waals surface area (Å²) in [5.74, 6) is -0.492. The third kappa shape index (κ3) is 3.20. The Labute approximate surface area is 164 Å². The first-order valence-corrected chi connectivity index (χ1v) is 8.86. The number of carbonyl (C=O) groups excluding carboxylic acids is 2. The Hall–Kier alpha value is -3.32. The van der Waals surface area contributed by atoms with Gasteiger partial charge in [0.05, 0.1) is 11.1 Å². The third-order valence-electron chi connectivity index (χ3n) is 4.40. The van der Waals surface area contributed by atoms with Crippen molar-refractivity contribution in [3.8, 4) is 5.75 Å². The molecule has 0 saturated heterocycles. The third-order valence-corrected chi connectivity index (χ3v) is 4.81.